The zero-order valence-corrected chi connectivity index (χ0v) is 10.6. The van der Waals surface area contributed by atoms with Crippen molar-refractivity contribution in [3.63, 3.8) is 0 Å². The number of carbonyl (C=O) groups excluding carboxylic acids is 1. The fourth-order valence-corrected chi connectivity index (χ4v) is 3.11. The number of aldehydes is 1. The zero-order valence-electron chi connectivity index (χ0n) is 10.6. The predicted molar refractivity (Wildman–Crippen MR) is 62.0 cm³/mol. The maximum Gasteiger partial charge on any atom is 0.224 e. The van der Waals surface area contributed by atoms with E-state index in [1.807, 2.05) is 0 Å². The largest absolute Gasteiger partial charge is 0.345 e. The van der Waals surface area contributed by atoms with Gasteiger partial charge in [-0.25, -0.2) is 0 Å². The maximum absolute atomic E-state index is 11.0. The lowest BCUT2D eigenvalue weighted by Gasteiger charge is -2.55. The molecule has 3 fully saturated rings. The maximum atomic E-state index is 11.0. The van der Waals surface area contributed by atoms with E-state index in [0.717, 1.165) is 44.8 Å². The van der Waals surface area contributed by atoms with Crippen molar-refractivity contribution in [2.45, 2.75) is 56.2 Å². The molecule has 3 unspecified atom stereocenters. The monoisotopic (exact) mass is 256 g/mol. The van der Waals surface area contributed by atoms with E-state index >= 15 is 0 Å². The minimum absolute atomic E-state index is 0.259. The van der Waals surface area contributed by atoms with Crippen LogP contribution < -0.4 is 0 Å². The summed E-state index contributed by atoms with van der Waals surface area (Å²) >= 11 is 0. The topological polar surface area (TPSA) is 54.0 Å². The van der Waals surface area contributed by atoms with Crippen molar-refractivity contribution in [1.82, 2.24) is 0 Å². The first-order valence-electron chi connectivity index (χ1n) is 6.85. The summed E-state index contributed by atoms with van der Waals surface area (Å²) in [5.74, 6) is -1.68. The van der Waals surface area contributed by atoms with Crippen LogP contribution in [-0.2, 0) is 23.7 Å². The van der Waals surface area contributed by atoms with Gasteiger partial charge in [-0.2, -0.15) is 0 Å². The summed E-state index contributed by atoms with van der Waals surface area (Å²) in [6.07, 6.45) is 5.87. The third-order valence-electron chi connectivity index (χ3n) is 4.03. The Labute approximate surface area is 107 Å². The quantitative estimate of drug-likeness (QED) is 0.664. The molecule has 2 spiro atoms. The molecule has 0 aliphatic carbocycles. The lowest BCUT2D eigenvalue weighted by Crippen LogP contribution is -2.68. The Balaban J connectivity index is 1.88. The van der Waals surface area contributed by atoms with Crippen LogP contribution in [0.3, 0.4) is 0 Å². The van der Waals surface area contributed by atoms with E-state index in [1.165, 1.54) is 0 Å². The zero-order chi connectivity index (χ0) is 12.5. The molecule has 0 radical (unpaired) electrons. The molecule has 3 aliphatic heterocycles. The smallest absolute Gasteiger partial charge is 0.224 e. The summed E-state index contributed by atoms with van der Waals surface area (Å²) in [6.45, 7) is 1.56. The Kier molecular flexibility index (Phi) is 3.40. The first-order chi connectivity index (χ1) is 8.80. The van der Waals surface area contributed by atoms with Crippen LogP contribution in [0.15, 0.2) is 0 Å². The van der Waals surface area contributed by atoms with Gasteiger partial charge in [0.25, 0.3) is 0 Å². The highest BCUT2D eigenvalue weighted by molar-refractivity contribution is 5.56. The summed E-state index contributed by atoms with van der Waals surface area (Å²) in [5.41, 5.74) is 0. The lowest BCUT2D eigenvalue weighted by atomic mass is 9.89. The molecule has 0 saturated carbocycles. The van der Waals surface area contributed by atoms with Gasteiger partial charge in [0.1, 0.15) is 6.10 Å². The highest BCUT2D eigenvalue weighted by Gasteiger charge is 2.61. The average molecular weight is 256 g/mol. The molecule has 0 N–H and O–H groups in total. The van der Waals surface area contributed by atoms with Crippen molar-refractivity contribution >= 4 is 6.29 Å². The van der Waals surface area contributed by atoms with Crippen molar-refractivity contribution < 1.29 is 23.7 Å². The molecule has 0 bridgehead atoms. The van der Waals surface area contributed by atoms with Crippen LogP contribution in [0.5, 0.6) is 0 Å². The first-order valence-corrected chi connectivity index (χ1v) is 6.85. The minimum Gasteiger partial charge on any atom is -0.345 e. The van der Waals surface area contributed by atoms with Gasteiger partial charge >= 0.3 is 0 Å². The standard InChI is InChI=1S/C13H20O5/c14-9-11-10-17-12(5-1-3-7-15-12)13(18-11)6-2-4-8-16-13/h9,11H,1-8,10H2. The molecule has 0 aromatic heterocycles. The van der Waals surface area contributed by atoms with E-state index in [2.05, 4.69) is 0 Å². The molecule has 3 atom stereocenters. The van der Waals surface area contributed by atoms with Gasteiger partial charge < -0.3 is 23.7 Å². The molecule has 3 aliphatic rings. The number of fused-ring (bicyclic) bond motifs is 1. The normalized spacial score (nSPS) is 45.2. The summed E-state index contributed by atoms with van der Waals surface area (Å²) in [6, 6.07) is 0. The Hall–Kier alpha value is -0.490. The van der Waals surface area contributed by atoms with Gasteiger partial charge in [-0.05, 0) is 25.7 Å². The third kappa shape index (κ3) is 1.90. The molecule has 0 amide bonds. The number of ether oxygens (including phenoxy) is 4. The molecule has 5 heteroatoms. The minimum atomic E-state index is -0.879. The fraction of sp³-hybridized carbons (Fsp3) is 0.923. The molecule has 0 aromatic carbocycles. The molecule has 0 aromatic rings. The Morgan fingerprint density at radius 2 is 1.56 bits per heavy atom. The van der Waals surface area contributed by atoms with Crippen LogP contribution in [0.25, 0.3) is 0 Å². The molecule has 102 valence electrons. The van der Waals surface area contributed by atoms with Gasteiger partial charge in [0.2, 0.25) is 11.6 Å². The Morgan fingerprint density at radius 1 is 0.889 bits per heavy atom. The van der Waals surface area contributed by atoms with Gasteiger partial charge in [-0.1, -0.05) is 0 Å². The van der Waals surface area contributed by atoms with Crippen LogP contribution >= 0.6 is 0 Å². The highest BCUT2D eigenvalue weighted by atomic mass is 16.8. The molecular weight excluding hydrogens is 236 g/mol. The van der Waals surface area contributed by atoms with E-state index in [0.29, 0.717) is 13.2 Å². The number of hydrogen-bond donors (Lipinski definition) is 0. The predicted octanol–water partition coefficient (Wildman–Crippen LogP) is 1.39. The van der Waals surface area contributed by atoms with Crippen LogP contribution in [0.4, 0.5) is 0 Å². The molecular formula is C13H20O5. The van der Waals surface area contributed by atoms with E-state index in [9.17, 15) is 4.79 Å². The van der Waals surface area contributed by atoms with Gasteiger partial charge in [0.05, 0.1) is 19.8 Å². The molecule has 5 nitrogen and oxygen atoms in total. The summed E-state index contributed by atoms with van der Waals surface area (Å²) in [7, 11) is 0. The van der Waals surface area contributed by atoms with Crippen LogP contribution in [0, 0.1) is 0 Å². The van der Waals surface area contributed by atoms with E-state index in [4.69, 9.17) is 18.9 Å². The first kappa shape index (κ1) is 12.5. The van der Waals surface area contributed by atoms with Crippen molar-refractivity contribution in [2.75, 3.05) is 19.8 Å². The molecule has 3 rings (SSSR count). The third-order valence-corrected chi connectivity index (χ3v) is 4.03. The van der Waals surface area contributed by atoms with Crippen molar-refractivity contribution in [3.8, 4) is 0 Å². The Morgan fingerprint density at radius 3 is 2.11 bits per heavy atom. The SMILES string of the molecule is O=CC1COC2(CCCCO2)C2(CCCCO2)O1. The van der Waals surface area contributed by atoms with Gasteiger partial charge in [-0.3, -0.25) is 0 Å². The van der Waals surface area contributed by atoms with Crippen LogP contribution in [0.1, 0.15) is 38.5 Å². The van der Waals surface area contributed by atoms with E-state index in [1.54, 1.807) is 0 Å². The van der Waals surface area contributed by atoms with Crippen LogP contribution in [0.2, 0.25) is 0 Å². The second-order valence-electron chi connectivity index (χ2n) is 5.22. The summed E-state index contributed by atoms with van der Waals surface area (Å²) in [5, 5.41) is 0. The van der Waals surface area contributed by atoms with E-state index < -0.39 is 17.7 Å². The highest BCUT2D eigenvalue weighted by Crippen LogP contribution is 2.47. The van der Waals surface area contributed by atoms with Crippen molar-refractivity contribution in [1.29, 1.82) is 0 Å². The van der Waals surface area contributed by atoms with Gasteiger partial charge in [-0.15, -0.1) is 0 Å². The van der Waals surface area contributed by atoms with Gasteiger partial charge in [0, 0.05) is 12.8 Å². The molecule has 3 saturated heterocycles. The second kappa shape index (κ2) is 4.89. The van der Waals surface area contributed by atoms with Crippen molar-refractivity contribution in [3.05, 3.63) is 0 Å². The number of hydrogen-bond acceptors (Lipinski definition) is 5. The molecule has 18 heavy (non-hydrogen) atoms. The lowest BCUT2D eigenvalue weighted by molar-refractivity contribution is -0.460. The average Bonchev–Trinajstić information content (AvgIpc) is 2.44. The van der Waals surface area contributed by atoms with Gasteiger partial charge in [0.15, 0.2) is 6.29 Å². The van der Waals surface area contributed by atoms with E-state index in [-0.39, 0.29) is 6.61 Å². The van der Waals surface area contributed by atoms with Crippen LogP contribution in [-0.4, -0.2) is 43.8 Å². The second-order valence-corrected chi connectivity index (χ2v) is 5.22. The summed E-state index contributed by atoms with van der Waals surface area (Å²) < 4.78 is 23.6. The Bertz CT molecular complexity index is 305. The number of carbonyl (C=O) groups is 1. The summed E-state index contributed by atoms with van der Waals surface area (Å²) in [4.78, 5) is 11.0. The molecule has 3 heterocycles. The van der Waals surface area contributed by atoms with Crippen molar-refractivity contribution in [2.24, 2.45) is 0 Å². The fourth-order valence-electron chi connectivity index (χ4n) is 3.11. The number of rotatable bonds is 1.